The average Bonchev–Trinajstić information content (AvgIpc) is 2.27. The van der Waals surface area contributed by atoms with Crippen molar-refractivity contribution >= 4 is 29.1 Å². The van der Waals surface area contributed by atoms with Crippen molar-refractivity contribution in [3.8, 4) is 0 Å². The van der Waals surface area contributed by atoms with Crippen LogP contribution < -0.4 is 11.1 Å². The molecule has 20 heavy (non-hydrogen) atoms. The zero-order chi connectivity index (χ0) is 15.6. The molecule has 3 N–H and O–H groups in total. The lowest BCUT2D eigenvalue weighted by Crippen LogP contribution is -2.43. The smallest absolute Gasteiger partial charge is 0.362 e. The third-order valence-corrected chi connectivity index (χ3v) is 3.56. The average molecular weight is 339 g/mol. The van der Waals surface area contributed by atoms with Crippen molar-refractivity contribution in [2.45, 2.75) is 23.4 Å². The molecule has 0 saturated carbocycles. The largest absolute Gasteiger partial charge is 0.421 e. The topological polar surface area (TPSA) is 38.0 Å². The van der Waals surface area contributed by atoms with Gasteiger partial charge in [-0.1, -0.05) is 11.6 Å². The number of anilines is 1. The Hall–Kier alpha value is -0.800. The van der Waals surface area contributed by atoms with Crippen LogP contribution in [0.5, 0.6) is 0 Å². The van der Waals surface area contributed by atoms with E-state index in [1.807, 2.05) is 5.32 Å². The molecule has 0 aliphatic carbocycles. The summed E-state index contributed by atoms with van der Waals surface area (Å²) < 4.78 is 73.0. The lowest BCUT2D eigenvalue weighted by atomic mass is 10.3. The Morgan fingerprint density at radius 1 is 1.20 bits per heavy atom. The molecule has 1 aromatic carbocycles. The van der Waals surface area contributed by atoms with Gasteiger partial charge < -0.3 is 11.1 Å². The number of rotatable bonds is 4. The maximum atomic E-state index is 12.3. The molecule has 0 aromatic heterocycles. The van der Waals surface area contributed by atoms with Gasteiger partial charge in [0.25, 0.3) is 0 Å². The first kappa shape index (κ1) is 17.3. The van der Waals surface area contributed by atoms with Crippen LogP contribution >= 0.6 is 23.4 Å². The van der Waals surface area contributed by atoms with Gasteiger partial charge in [-0.25, -0.2) is 0 Å². The molecule has 1 aromatic rings. The van der Waals surface area contributed by atoms with Crippen LogP contribution in [0.25, 0.3) is 0 Å². The second-order valence-corrected chi connectivity index (χ2v) is 5.14. The molecular weight excluding hydrogens is 330 g/mol. The first-order valence-electron chi connectivity index (χ1n) is 5.07. The predicted octanol–water partition coefficient (Wildman–Crippen LogP) is 4.25. The summed E-state index contributed by atoms with van der Waals surface area (Å²) in [5.41, 5.74) is 4.79. The Balaban J connectivity index is 2.81. The fraction of sp³-hybridized carbons (Fsp3) is 0.400. The van der Waals surface area contributed by atoms with E-state index in [1.54, 1.807) is 0 Å². The van der Waals surface area contributed by atoms with Crippen molar-refractivity contribution < 1.29 is 26.3 Å². The van der Waals surface area contributed by atoms with E-state index in [9.17, 15) is 26.3 Å². The summed E-state index contributed by atoms with van der Waals surface area (Å²) in [6, 6.07) is 3.49. The minimum atomic E-state index is -4.67. The number of halogens is 7. The van der Waals surface area contributed by atoms with Crippen LogP contribution in [0.4, 0.5) is 32.0 Å². The normalized spacial score (nSPS) is 14.2. The van der Waals surface area contributed by atoms with E-state index in [-0.39, 0.29) is 15.6 Å². The van der Waals surface area contributed by atoms with E-state index >= 15 is 0 Å². The highest BCUT2D eigenvalue weighted by Gasteiger charge is 2.36. The van der Waals surface area contributed by atoms with E-state index in [4.69, 9.17) is 17.3 Å². The molecule has 1 rings (SSSR count). The van der Waals surface area contributed by atoms with Crippen LogP contribution in [0.2, 0.25) is 5.02 Å². The second-order valence-electron chi connectivity index (χ2n) is 3.71. The quantitative estimate of drug-likeness (QED) is 0.489. The molecule has 0 fully saturated rings. The Labute approximate surface area is 119 Å². The van der Waals surface area contributed by atoms with Gasteiger partial charge in [-0.2, -0.15) is 26.3 Å². The van der Waals surface area contributed by atoms with Gasteiger partial charge in [0.2, 0.25) is 0 Å². The summed E-state index contributed by atoms with van der Waals surface area (Å²) in [6.07, 6.45) is -11.4. The van der Waals surface area contributed by atoms with Crippen LogP contribution in [0.15, 0.2) is 23.1 Å². The van der Waals surface area contributed by atoms with Gasteiger partial charge in [0.05, 0.1) is 10.8 Å². The van der Waals surface area contributed by atoms with Crippen molar-refractivity contribution in [2.75, 3.05) is 11.1 Å². The number of alkyl halides is 6. The van der Waals surface area contributed by atoms with E-state index < -0.39 is 24.3 Å². The highest BCUT2D eigenvalue weighted by Crippen LogP contribution is 2.34. The summed E-state index contributed by atoms with van der Waals surface area (Å²) in [5.74, 6) is -1.19. The Bertz CT molecular complexity index is 462. The minimum Gasteiger partial charge on any atom is -0.362 e. The summed E-state index contributed by atoms with van der Waals surface area (Å²) in [6.45, 7) is 0. The van der Waals surface area contributed by atoms with Crippen molar-refractivity contribution in [1.82, 2.24) is 0 Å². The number of thioether (sulfide) groups is 1. The molecule has 0 heterocycles. The number of nitrogens with one attached hydrogen (secondary N) is 1. The van der Waals surface area contributed by atoms with Crippen molar-refractivity contribution in [3.05, 3.63) is 23.2 Å². The minimum absolute atomic E-state index is 0.0170. The van der Waals surface area contributed by atoms with E-state index in [2.05, 4.69) is 0 Å². The first-order chi connectivity index (χ1) is 8.99. The summed E-state index contributed by atoms with van der Waals surface area (Å²) in [5, 5.41) is 1.97. The van der Waals surface area contributed by atoms with E-state index in [0.717, 1.165) is 6.07 Å². The standard InChI is InChI=1S/C10H9ClF6N2S/c11-6-2-1-5(19-8(18)10(15,16)17)3-7(6)20-4-9(12,13)14/h1-3,8,19H,4,18H2. The van der Waals surface area contributed by atoms with Crippen LogP contribution in [0, 0.1) is 0 Å². The fourth-order valence-electron chi connectivity index (χ4n) is 1.12. The lowest BCUT2D eigenvalue weighted by molar-refractivity contribution is -0.141. The molecule has 1 atom stereocenters. The van der Waals surface area contributed by atoms with E-state index in [1.165, 1.54) is 12.1 Å². The van der Waals surface area contributed by atoms with Gasteiger partial charge in [-0.3, -0.25) is 0 Å². The number of hydrogen-bond acceptors (Lipinski definition) is 3. The first-order valence-corrected chi connectivity index (χ1v) is 6.43. The number of benzene rings is 1. The Morgan fingerprint density at radius 3 is 2.30 bits per heavy atom. The lowest BCUT2D eigenvalue weighted by Gasteiger charge is -2.19. The molecule has 0 amide bonds. The summed E-state index contributed by atoms with van der Waals surface area (Å²) in [4.78, 5) is 0.0170. The number of hydrogen-bond donors (Lipinski definition) is 2. The van der Waals surface area contributed by atoms with Crippen LogP contribution in [-0.4, -0.2) is 24.3 Å². The highest BCUT2D eigenvalue weighted by atomic mass is 35.5. The van der Waals surface area contributed by atoms with E-state index in [0.29, 0.717) is 11.8 Å². The van der Waals surface area contributed by atoms with Crippen molar-refractivity contribution in [1.29, 1.82) is 0 Å². The summed E-state index contributed by atoms with van der Waals surface area (Å²) >= 11 is 6.07. The van der Waals surface area contributed by atoms with Crippen molar-refractivity contribution in [3.63, 3.8) is 0 Å². The third-order valence-electron chi connectivity index (χ3n) is 2.00. The molecule has 10 heteroatoms. The molecule has 1 unspecified atom stereocenters. The third kappa shape index (κ3) is 5.68. The molecule has 0 saturated heterocycles. The van der Waals surface area contributed by atoms with Crippen LogP contribution in [-0.2, 0) is 0 Å². The molecular formula is C10H9ClF6N2S. The predicted molar refractivity (Wildman–Crippen MR) is 65.9 cm³/mol. The van der Waals surface area contributed by atoms with Crippen LogP contribution in [0.1, 0.15) is 0 Å². The van der Waals surface area contributed by atoms with Gasteiger partial charge in [-0.05, 0) is 18.2 Å². The number of nitrogens with two attached hydrogens (primary N) is 1. The zero-order valence-electron chi connectivity index (χ0n) is 9.65. The summed E-state index contributed by atoms with van der Waals surface area (Å²) in [7, 11) is 0. The molecule has 0 spiro atoms. The fourth-order valence-corrected chi connectivity index (χ4v) is 2.14. The molecule has 0 radical (unpaired) electrons. The Morgan fingerprint density at radius 2 is 1.80 bits per heavy atom. The SMILES string of the molecule is NC(Nc1ccc(Cl)c(SCC(F)(F)F)c1)C(F)(F)F. The van der Waals surface area contributed by atoms with Gasteiger partial charge >= 0.3 is 12.4 Å². The zero-order valence-corrected chi connectivity index (χ0v) is 11.2. The molecule has 114 valence electrons. The van der Waals surface area contributed by atoms with Gasteiger partial charge in [-0.15, -0.1) is 11.8 Å². The van der Waals surface area contributed by atoms with Crippen molar-refractivity contribution in [2.24, 2.45) is 5.73 Å². The maximum absolute atomic E-state index is 12.3. The van der Waals surface area contributed by atoms with Gasteiger partial charge in [0, 0.05) is 10.6 Å². The molecule has 0 aliphatic rings. The highest BCUT2D eigenvalue weighted by molar-refractivity contribution is 7.99. The molecule has 2 nitrogen and oxygen atoms in total. The van der Waals surface area contributed by atoms with Gasteiger partial charge in [0.15, 0.2) is 6.17 Å². The maximum Gasteiger partial charge on any atom is 0.421 e. The second kappa shape index (κ2) is 6.31. The molecule has 0 aliphatic heterocycles. The Kier molecular flexibility index (Phi) is 5.45. The van der Waals surface area contributed by atoms with Crippen LogP contribution in [0.3, 0.4) is 0 Å². The van der Waals surface area contributed by atoms with Gasteiger partial charge in [0.1, 0.15) is 0 Å². The molecule has 0 bridgehead atoms. The monoisotopic (exact) mass is 338 g/mol.